The van der Waals surface area contributed by atoms with E-state index in [0.29, 0.717) is 25.5 Å². The number of nitro groups is 1. The highest BCUT2D eigenvalue weighted by Gasteiger charge is 2.17. The molecule has 0 aliphatic carbocycles. The predicted molar refractivity (Wildman–Crippen MR) is 67.7 cm³/mol. The molecule has 0 spiro atoms. The zero-order valence-electron chi connectivity index (χ0n) is 11.1. The van der Waals surface area contributed by atoms with Gasteiger partial charge >= 0.3 is 5.69 Å². The Kier molecular flexibility index (Phi) is 5.94. The van der Waals surface area contributed by atoms with E-state index in [1.807, 2.05) is 6.92 Å². The molecule has 1 heterocycles. The summed E-state index contributed by atoms with van der Waals surface area (Å²) < 4.78 is 6.45. The van der Waals surface area contributed by atoms with Crippen molar-refractivity contribution < 1.29 is 14.5 Å². The number of carbonyl (C=O) groups excluding carboxylic acids is 1. The van der Waals surface area contributed by atoms with Crippen LogP contribution in [0.2, 0.25) is 0 Å². The Labute approximate surface area is 110 Å². The maximum Gasteiger partial charge on any atom is 0.309 e. The second-order valence-electron chi connectivity index (χ2n) is 3.93. The van der Waals surface area contributed by atoms with Crippen LogP contribution in [-0.4, -0.2) is 40.4 Å². The van der Waals surface area contributed by atoms with E-state index < -0.39 is 4.92 Å². The zero-order valence-corrected chi connectivity index (χ0v) is 11.1. The van der Waals surface area contributed by atoms with Crippen LogP contribution < -0.4 is 5.32 Å². The summed E-state index contributed by atoms with van der Waals surface area (Å²) in [6.07, 6.45) is 1.88. The summed E-state index contributed by atoms with van der Waals surface area (Å²) in [6, 6.07) is 0. The molecule has 1 N–H and O–H groups in total. The van der Waals surface area contributed by atoms with Crippen LogP contribution >= 0.6 is 0 Å². The molecule has 0 fully saturated rings. The molecule has 1 aromatic heterocycles. The molecule has 106 valence electrons. The first-order valence-electron chi connectivity index (χ1n) is 6.07. The molecule has 1 aromatic rings. The van der Waals surface area contributed by atoms with Gasteiger partial charge in [0, 0.05) is 19.8 Å². The molecule has 19 heavy (non-hydrogen) atoms. The molecule has 0 aliphatic heterocycles. The van der Waals surface area contributed by atoms with Gasteiger partial charge in [-0.05, 0) is 20.3 Å². The van der Waals surface area contributed by atoms with Crippen LogP contribution in [0.15, 0.2) is 6.20 Å². The lowest BCUT2D eigenvalue weighted by Crippen LogP contribution is -2.29. The van der Waals surface area contributed by atoms with Crippen molar-refractivity contribution in [1.82, 2.24) is 15.1 Å². The number of rotatable bonds is 8. The Bertz CT molecular complexity index is 444. The van der Waals surface area contributed by atoms with Crippen molar-refractivity contribution in [2.75, 3.05) is 19.8 Å². The van der Waals surface area contributed by atoms with Crippen molar-refractivity contribution in [2.45, 2.75) is 26.8 Å². The van der Waals surface area contributed by atoms with Gasteiger partial charge in [-0.1, -0.05) is 0 Å². The Morgan fingerprint density at radius 2 is 2.37 bits per heavy atom. The minimum Gasteiger partial charge on any atom is -0.382 e. The topological polar surface area (TPSA) is 99.3 Å². The van der Waals surface area contributed by atoms with Crippen LogP contribution in [-0.2, 0) is 16.1 Å². The molecule has 8 nitrogen and oxygen atoms in total. The van der Waals surface area contributed by atoms with E-state index in [9.17, 15) is 14.9 Å². The third-order valence-corrected chi connectivity index (χ3v) is 2.56. The largest absolute Gasteiger partial charge is 0.382 e. The summed E-state index contributed by atoms with van der Waals surface area (Å²) >= 11 is 0. The molecule has 0 saturated heterocycles. The van der Waals surface area contributed by atoms with Crippen LogP contribution in [0, 0.1) is 17.0 Å². The summed E-state index contributed by atoms with van der Waals surface area (Å²) in [7, 11) is 0. The molecule has 0 radical (unpaired) electrons. The third-order valence-electron chi connectivity index (χ3n) is 2.56. The minimum atomic E-state index is -0.515. The van der Waals surface area contributed by atoms with Crippen molar-refractivity contribution in [3.05, 3.63) is 22.0 Å². The fraction of sp³-hybridized carbons (Fsp3) is 0.636. The van der Waals surface area contributed by atoms with Crippen LogP contribution in [0.4, 0.5) is 5.69 Å². The number of carbonyl (C=O) groups is 1. The first-order chi connectivity index (χ1) is 9.06. The van der Waals surface area contributed by atoms with E-state index in [0.717, 1.165) is 12.6 Å². The predicted octanol–water partition coefficient (Wildman–Crippen LogP) is 0.643. The maximum atomic E-state index is 11.6. The number of hydrogen-bond acceptors (Lipinski definition) is 5. The van der Waals surface area contributed by atoms with Gasteiger partial charge in [-0.2, -0.15) is 5.10 Å². The van der Waals surface area contributed by atoms with E-state index in [4.69, 9.17) is 4.74 Å². The average molecular weight is 270 g/mol. The SMILES string of the molecule is CCOCCCNC(=O)Cn1ncc([N+](=O)[O-])c1C. The molecule has 0 bridgehead atoms. The minimum absolute atomic E-state index is 0.0195. The van der Waals surface area contributed by atoms with E-state index in [2.05, 4.69) is 10.4 Å². The molecule has 0 saturated carbocycles. The molecule has 0 unspecified atom stereocenters. The van der Waals surface area contributed by atoms with Gasteiger partial charge in [-0.25, -0.2) is 0 Å². The molecule has 1 rings (SSSR count). The summed E-state index contributed by atoms with van der Waals surface area (Å²) in [4.78, 5) is 21.7. The molecule has 8 heteroatoms. The summed E-state index contributed by atoms with van der Waals surface area (Å²) in [5.41, 5.74) is 0.290. The van der Waals surface area contributed by atoms with Gasteiger partial charge in [-0.15, -0.1) is 0 Å². The van der Waals surface area contributed by atoms with Crippen molar-refractivity contribution in [2.24, 2.45) is 0 Å². The number of amides is 1. The van der Waals surface area contributed by atoms with E-state index >= 15 is 0 Å². The lowest BCUT2D eigenvalue weighted by Gasteiger charge is -2.06. The summed E-state index contributed by atoms with van der Waals surface area (Å²) in [5, 5.41) is 17.2. The maximum absolute atomic E-state index is 11.6. The quantitative estimate of drug-likeness (QED) is 0.424. The number of aromatic nitrogens is 2. The Morgan fingerprint density at radius 3 is 2.95 bits per heavy atom. The Hall–Kier alpha value is -1.96. The second kappa shape index (κ2) is 7.47. The van der Waals surface area contributed by atoms with Gasteiger partial charge in [-0.3, -0.25) is 19.6 Å². The molecular weight excluding hydrogens is 252 g/mol. The number of ether oxygens (including phenoxy) is 1. The number of nitrogens with zero attached hydrogens (tertiary/aromatic N) is 3. The fourth-order valence-electron chi connectivity index (χ4n) is 1.51. The number of hydrogen-bond donors (Lipinski definition) is 1. The standard InChI is InChI=1S/C11H18N4O4/c1-3-19-6-4-5-12-11(16)8-14-9(2)10(7-13-14)15(17)18/h7H,3-6,8H2,1-2H3,(H,12,16). The monoisotopic (exact) mass is 270 g/mol. The van der Waals surface area contributed by atoms with Gasteiger partial charge in [0.25, 0.3) is 0 Å². The molecule has 0 aromatic carbocycles. The highest BCUT2D eigenvalue weighted by Crippen LogP contribution is 2.15. The van der Waals surface area contributed by atoms with Crippen LogP contribution in [0.25, 0.3) is 0 Å². The summed E-state index contributed by atoms with van der Waals surface area (Å²) in [5.74, 6) is -0.224. The Morgan fingerprint density at radius 1 is 1.63 bits per heavy atom. The normalized spacial score (nSPS) is 10.4. The van der Waals surface area contributed by atoms with Gasteiger partial charge in [0.2, 0.25) is 5.91 Å². The average Bonchev–Trinajstić information content (AvgIpc) is 2.71. The van der Waals surface area contributed by atoms with Gasteiger partial charge < -0.3 is 10.1 Å². The second-order valence-corrected chi connectivity index (χ2v) is 3.93. The van der Waals surface area contributed by atoms with Crippen molar-refractivity contribution in [3.8, 4) is 0 Å². The molecular formula is C11H18N4O4. The van der Waals surface area contributed by atoms with Gasteiger partial charge in [0.15, 0.2) is 0 Å². The first kappa shape index (κ1) is 15.1. The highest BCUT2D eigenvalue weighted by atomic mass is 16.6. The molecule has 1 amide bonds. The van der Waals surface area contributed by atoms with Crippen molar-refractivity contribution >= 4 is 11.6 Å². The number of nitrogens with one attached hydrogen (secondary N) is 1. The van der Waals surface area contributed by atoms with Crippen molar-refractivity contribution in [3.63, 3.8) is 0 Å². The van der Waals surface area contributed by atoms with Gasteiger partial charge in [0.05, 0.1) is 4.92 Å². The third kappa shape index (κ3) is 4.66. The Balaban J connectivity index is 2.38. The summed E-state index contributed by atoms with van der Waals surface area (Å²) in [6.45, 7) is 5.22. The molecule has 0 aliphatic rings. The van der Waals surface area contributed by atoms with Crippen LogP contribution in [0.1, 0.15) is 19.0 Å². The highest BCUT2D eigenvalue weighted by molar-refractivity contribution is 5.75. The smallest absolute Gasteiger partial charge is 0.309 e. The molecule has 0 atom stereocenters. The fourth-order valence-corrected chi connectivity index (χ4v) is 1.51. The van der Waals surface area contributed by atoms with E-state index in [-0.39, 0.29) is 18.1 Å². The van der Waals surface area contributed by atoms with E-state index in [1.54, 1.807) is 6.92 Å². The van der Waals surface area contributed by atoms with Crippen LogP contribution in [0.3, 0.4) is 0 Å². The lowest BCUT2D eigenvalue weighted by molar-refractivity contribution is -0.385. The van der Waals surface area contributed by atoms with Crippen molar-refractivity contribution in [1.29, 1.82) is 0 Å². The van der Waals surface area contributed by atoms with Crippen LogP contribution in [0.5, 0.6) is 0 Å². The zero-order chi connectivity index (χ0) is 14.3. The van der Waals surface area contributed by atoms with Gasteiger partial charge in [0.1, 0.15) is 18.4 Å². The lowest BCUT2D eigenvalue weighted by atomic mass is 10.4. The first-order valence-corrected chi connectivity index (χ1v) is 6.07. The van der Waals surface area contributed by atoms with E-state index in [1.165, 1.54) is 4.68 Å².